The maximum Gasteiger partial charge on any atom is 0.356 e. The number of hydrogen-bond donors (Lipinski definition) is 2. The molecule has 18 heavy (non-hydrogen) atoms. The first kappa shape index (κ1) is 12.8. The molecule has 5 heteroatoms. The molecule has 98 valence electrons. The van der Waals surface area contributed by atoms with Crippen molar-refractivity contribution >= 4 is 11.8 Å². The summed E-state index contributed by atoms with van der Waals surface area (Å²) in [4.78, 5) is 18.6. The molecular formula is C13H19N3O2. The van der Waals surface area contributed by atoms with Gasteiger partial charge in [0, 0.05) is 6.04 Å². The Labute approximate surface area is 107 Å². The first-order valence-corrected chi connectivity index (χ1v) is 6.51. The molecule has 0 aromatic carbocycles. The number of nitrogens with one attached hydrogen (secondary N) is 1. The number of anilines is 1. The summed E-state index contributed by atoms with van der Waals surface area (Å²) >= 11 is 0. The number of carbonyl (C=O) groups is 1. The predicted octanol–water partition coefficient (Wildman–Crippen LogP) is 2.56. The molecule has 1 aliphatic rings. The Morgan fingerprint density at radius 2 is 2.28 bits per heavy atom. The van der Waals surface area contributed by atoms with Gasteiger partial charge in [0.1, 0.15) is 5.82 Å². The van der Waals surface area contributed by atoms with E-state index in [1.165, 1.54) is 38.1 Å². The lowest BCUT2D eigenvalue weighted by Crippen LogP contribution is -2.27. The van der Waals surface area contributed by atoms with Crippen LogP contribution in [0.3, 0.4) is 0 Å². The SMILES string of the molecule is CCC1CCCC(Nc2cnc(C(=O)O)cn2)C1. The highest BCUT2D eigenvalue weighted by atomic mass is 16.4. The van der Waals surface area contributed by atoms with Crippen LogP contribution in [0, 0.1) is 5.92 Å². The lowest BCUT2D eigenvalue weighted by molar-refractivity contribution is 0.0690. The van der Waals surface area contributed by atoms with Gasteiger partial charge in [0.15, 0.2) is 5.69 Å². The van der Waals surface area contributed by atoms with E-state index in [0.29, 0.717) is 11.9 Å². The van der Waals surface area contributed by atoms with Crippen LogP contribution in [0.15, 0.2) is 12.4 Å². The van der Waals surface area contributed by atoms with Crippen LogP contribution in [0.2, 0.25) is 0 Å². The van der Waals surface area contributed by atoms with E-state index in [2.05, 4.69) is 22.2 Å². The first-order valence-electron chi connectivity index (χ1n) is 6.51. The molecule has 2 atom stereocenters. The van der Waals surface area contributed by atoms with E-state index in [1.807, 2.05) is 0 Å². The molecule has 5 nitrogen and oxygen atoms in total. The third-order valence-corrected chi connectivity index (χ3v) is 3.58. The van der Waals surface area contributed by atoms with Gasteiger partial charge in [-0.15, -0.1) is 0 Å². The number of nitrogens with zero attached hydrogens (tertiary/aromatic N) is 2. The van der Waals surface area contributed by atoms with Crippen LogP contribution in [0.4, 0.5) is 5.82 Å². The minimum atomic E-state index is -1.04. The van der Waals surface area contributed by atoms with Crippen molar-refractivity contribution in [1.82, 2.24) is 9.97 Å². The predicted molar refractivity (Wildman–Crippen MR) is 68.7 cm³/mol. The van der Waals surface area contributed by atoms with Gasteiger partial charge in [-0.25, -0.2) is 14.8 Å². The summed E-state index contributed by atoms with van der Waals surface area (Å²) in [6, 6.07) is 0.439. The maximum absolute atomic E-state index is 10.7. The Balaban J connectivity index is 1.94. The molecule has 0 aliphatic heterocycles. The molecule has 2 N–H and O–H groups in total. The number of carboxylic acid groups (broad SMARTS) is 1. The molecule has 1 aliphatic carbocycles. The van der Waals surface area contributed by atoms with Crippen LogP contribution in [-0.2, 0) is 0 Å². The van der Waals surface area contributed by atoms with Gasteiger partial charge in [0.25, 0.3) is 0 Å². The van der Waals surface area contributed by atoms with Gasteiger partial charge in [0.2, 0.25) is 0 Å². The van der Waals surface area contributed by atoms with Gasteiger partial charge >= 0.3 is 5.97 Å². The Kier molecular flexibility index (Phi) is 4.12. The molecule has 2 unspecified atom stereocenters. The second-order valence-electron chi connectivity index (χ2n) is 4.87. The summed E-state index contributed by atoms with van der Waals surface area (Å²) in [5, 5.41) is 12.1. The number of hydrogen-bond acceptors (Lipinski definition) is 4. The zero-order chi connectivity index (χ0) is 13.0. The standard InChI is InChI=1S/C13H19N3O2/c1-2-9-4-3-5-10(6-9)16-12-8-14-11(7-15-12)13(17)18/h7-10H,2-6H2,1H3,(H,15,16)(H,17,18). The van der Waals surface area contributed by atoms with Gasteiger partial charge in [-0.1, -0.05) is 26.2 Å². The topological polar surface area (TPSA) is 75.1 Å². The highest BCUT2D eigenvalue weighted by molar-refractivity contribution is 5.84. The molecule has 1 saturated carbocycles. The molecule has 1 heterocycles. The summed E-state index contributed by atoms with van der Waals surface area (Å²) in [5.74, 6) is 0.419. The minimum absolute atomic E-state index is 0.0179. The summed E-state index contributed by atoms with van der Waals surface area (Å²) in [7, 11) is 0. The Hall–Kier alpha value is -1.65. The van der Waals surface area contributed by atoms with Crippen molar-refractivity contribution in [1.29, 1.82) is 0 Å². The van der Waals surface area contributed by atoms with Crippen LogP contribution in [0.25, 0.3) is 0 Å². The van der Waals surface area contributed by atoms with Gasteiger partial charge in [-0.2, -0.15) is 0 Å². The second kappa shape index (κ2) is 5.80. The smallest absolute Gasteiger partial charge is 0.356 e. The van der Waals surface area contributed by atoms with Crippen LogP contribution < -0.4 is 5.32 Å². The Morgan fingerprint density at radius 3 is 2.89 bits per heavy atom. The van der Waals surface area contributed by atoms with Gasteiger partial charge in [0.05, 0.1) is 12.4 Å². The van der Waals surface area contributed by atoms with E-state index in [4.69, 9.17) is 5.11 Å². The van der Waals surface area contributed by atoms with E-state index in [0.717, 1.165) is 12.3 Å². The molecule has 0 radical (unpaired) electrons. The highest BCUT2D eigenvalue weighted by Gasteiger charge is 2.20. The second-order valence-corrected chi connectivity index (χ2v) is 4.87. The third-order valence-electron chi connectivity index (χ3n) is 3.58. The largest absolute Gasteiger partial charge is 0.476 e. The molecule has 0 amide bonds. The van der Waals surface area contributed by atoms with Crippen molar-refractivity contribution in [3.8, 4) is 0 Å². The summed E-state index contributed by atoms with van der Waals surface area (Å²) in [6.45, 7) is 2.23. The third kappa shape index (κ3) is 3.18. The quantitative estimate of drug-likeness (QED) is 0.857. The zero-order valence-electron chi connectivity index (χ0n) is 10.6. The molecule has 2 rings (SSSR count). The minimum Gasteiger partial charge on any atom is -0.476 e. The van der Waals surface area contributed by atoms with Crippen molar-refractivity contribution in [2.75, 3.05) is 5.32 Å². The lowest BCUT2D eigenvalue weighted by Gasteiger charge is -2.29. The van der Waals surface area contributed by atoms with E-state index in [1.54, 1.807) is 0 Å². The fraction of sp³-hybridized carbons (Fsp3) is 0.615. The van der Waals surface area contributed by atoms with E-state index < -0.39 is 5.97 Å². The molecule has 0 saturated heterocycles. The van der Waals surface area contributed by atoms with E-state index in [-0.39, 0.29) is 5.69 Å². The van der Waals surface area contributed by atoms with Crippen molar-refractivity contribution in [2.24, 2.45) is 5.92 Å². The van der Waals surface area contributed by atoms with E-state index >= 15 is 0 Å². The lowest BCUT2D eigenvalue weighted by atomic mass is 9.84. The molecule has 1 aromatic rings. The Bertz CT molecular complexity index is 405. The van der Waals surface area contributed by atoms with Crippen LogP contribution >= 0.6 is 0 Å². The van der Waals surface area contributed by atoms with Crippen molar-refractivity contribution in [2.45, 2.75) is 45.1 Å². The van der Waals surface area contributed by atoms with Gasteiger partial charge in [-0.3, -0.25) is 0 Å². The van der Waals surface area contributed by atoms with Gasteiger partial charge < -0.3 is 10.4 Å². The summed E-state index contributed by atoms with van der Waals surface area (Å²) in [5.41, 5.74) is -0.0179. The summed E-state index contributed by atoms with van der Waals surface area (Å²) in [6.07, 6.45) is 8.90. The molecule has 1 fully saturated rings. The van der Waals surface area contributed by atoms with Gasteiger partial charge in [-0.05, 0) is 18.8 Å². The van der Waals surface area contributed by atoms with E-state index in [9.17, 15) is 4.79 Å². The number of rotatable bonds is 4. The highest BCUT2D eigenvalue weighted by Crippen LogP contribution is 2.28. The normalized spacial score (nSPS) is 23.6. The number of aromatic nitrogens is 2. The number of aromatic carboxylic acids is 1. The average Bonchev–Trinajstić information content (AvgIpc) is 2.39. The van der Waals surface area contributed by atoms with Crippen molar-refractivity contribution < 1.29 is 9.90 Å². The number of carboxylic acids is 1. The zero-order valence-corrected chi connectivity index (χ0v) is 10.6. The Morgan fingerprint density at radius 1 is 1.44 bits per heavy atom. The first-order chi connectivity index (χ1) is 8.69. The average molecular weight is 249 g/mol. The van der Waals surface area contributed by atoms with Crippen LogP contribution in [-0.4, -0.2) is 27.1 Å². The fourth-order valence-electron chi connectivity index (χ4n) is 2.52. The monoisotopic (exact) mass is 249 g/mol. The van der Waals surface area contributed by atoms with Crippen molar-refractivity contribution in [3.63, 3.8) is 0 Å². The molecular weight excluding hydrogens is 230 g/mol. The fourth-order valence-corrected chi connectivity index (χ4v) is 2.52. The molecule has 0 spiro atoms. The molecule has 0 bridgehead atoms. The molecule has 1 aromatic heterocycles. The maximum atomic E-state index is 10.7. The summed E-state index contributed by atoms with van der Waals surface area (Å²) < 4.78 is 0. The van der Waals surface area contributed by atoms with Crippen LogP contribution in [0.5, 0.6) is 0 Å². The van der Waals surface area contributed by atoms with Crippen LogP contribution in [0.1, 0.15) is 49.5 Å². The van der Waals surface area contributed by atoms with Crippen molar-refractivity contribution in [3.05, 3.63) is 18.1 Å².